The van der Waals surface area contributed by atoms with Crippen molar-refractivity contribution in [2.45, 2.75) is 6.04 Å². The molecule has 0 radical (unpaired) electrons. The third-order valence-electron chi connectivity index (χ3n) is 0.784. The molecule has 1 atom stereocenters. The monoisotopic (exact) mass is 151 g/mol. The van der Waals surface area contributed by atoms with E-state index in [4.69, 9.17) is 5.84 Å². The second kappa shape index (κ2) is 4.57. The minimum atomic E-state index is -0.627. The first-order valence-electron chi connectivity index (χ1n) is 2.23. The molecular weight excluding hydrogens is 142 g/mol. The SMILES string of the molecule is NN[C@H](CS)C(=O)ON. The molecule has 0 fully saturated rings. The zero-order valence-electron chi connectivity index (χ0n) is 4.70. The average Bonchev–Trinajstić information content (AvgIpc) is 1.90. The first-order valence-corrected chi connectivity index (χ1v) is 2.87. The van der Waals surface area contributed by atoms with E-state index < -0.39 is 12.0 Å². The van der Waals surface area contributed by atoms with E-state index in [2.05, 4.69) is 28.8 Å². The molecule has 0 heterocycles. The summed E-state index contributed by atoms with van der Waals surface area (Å²) in [7, 11) is 0. The van der Waals surface area contributed by atoms with Crippen LogP contribution in [0.3, 0.4) is 0 Å². The maximum atomic E-state index is 10.4. The molecule has 0 aromatic carbocycles. The van der Waals surface area contributed by atoms with Gasteiger partial charge >= 0.3 is 5.97 Å². The van der Waals surface area contributed by atoms with Crippen LogP contribution in [-0.2, 0) is 9.63 Å². The van der Waals surface area contributed by atoms with Crippen LogP contribution in [-0.4, -0.2) is 17.8 Å². The van der Waals surface area contributed by atoms with Crippen molar-refractivity contribution in [2.24, 2.45) is 11.7 Å². The molecule has 0 amide bonds. The largest absolute Gasteiger partial charge is 0.372 e. The number of hydrazine groups is 1. The van der Waals surface area contributed by atoms with E-state index in [-0.39, 0.29) is 5.75 Å². The second-order valence-electron chi connectivity index (χ2n) is 1.34. The molecule has 0 saturated carbocycles. The molecule has 0 rings (SSSR count). The summed E-state index contributed by atoms with van der Waals surface area (Å²) in [5, 5.41) is 0. The number of carbonyl (C=O) groups excluding carboxylic acids is 1. The van der Waals surface area contributed by atoms with Crippen LogP contribution in [0.5, 0.6) is 0 Å². The Morgan fingerprint density at radius 3 is 2.56 bits per heavy atom. The van der Waals surface area contributed by atoms with Gasteiger partial charge in [0.15, 0.2) is 0 Å². The van der Waals surface area contributed by atoms with Gasteiger partial charge in [-0.2, -0.15) is 18.5 Å². The van der Waals surface area contributed by atoms with Crippen molar-refractivity contribution in [3.05, 3.63) is 0 Å². The van der Waals surface area contributed by atoms with Crippen molar-refractivity contribution in [2.75, 3.05) is 5.75 Å². The number of nitrogens with one attached hydrogen (secondary N) is 1. The minimum Gasteiger partial charge on any atom is -0.372 e. The number of hydrogen-bond donors (Lipinski definition) is 4. The molecule has 9 heavy (non-hydrogen) atoms. The van der Waals surface area contributed by atoms with Crippen LogP contribution in [0.2, 0.25) is 0 Å². The maximum absolute atomic E-state index is 10.4. The lowest BCUT2D eigenvalue weighted by Crippen LogP contribution is -2.44. The number of thiol groups is 1. The van der Waals surface area contributed by atoms with E-state index in [9.17, 15) is 4.79 Å². The van der Waals surface area contributed by atoms with E-state index in [1.165, 1.54) is 0 Å². The van der Waals surface area contributed by atoms with Gasteiger partial charge in [-0.3, -0.25) is 5.84 Å². The van der Waals surface area contributed by atoms with Crippen molar-refractivity contribution in [1.82, 2.24) is 5.43 Å². The van der Waals surface area contributed by atoms with Gasteiger partial charge in [-0.1, -0.05) is 0 Å². The van der Waals surface area contributed by atoms with E-state index in [1.54, 1.807) is 0 Å². The molecule has 0 aliphatic carbocycles. The third-order valence-corrected chi connectivity index (χ3v) is 1.15. The molecule has 5 N–H and O–H groups in total. The summed E-state index contributed by atoms with van der Waals surface area (Å²) in [6.45, 7) is 0. The van der Waals surface area contributed by atoms with Gasteiger partial charge in [0.2, 0.25) is 0 Å². The Morgan fingerprint density at radius 2 is 2.44 bits per heavy atom. The van der Waals surface area contributed by atoms with Crippen molar-refractivity contribution in [3.63, 3.8) is 0 Å². The first-order chi connectivity index (χ1) is 4.26. The molecule has 0 spiro atoms. The van der Waals surface area contributed by atoms with Crippen molar-refractivity contribution < 1.29 is 9.63 Å². The van der Waals surface area contributed by atoms with Crippen LogP contribution in [0.15, 0.2) is 0 Å². The van der Waals surface area contributed by atoms with Gasteiger partial charge in [-0.25, -0.2) is 10.2 Å². The lowest BCUT2D eigenvalue weighted by Gasteiger charge is -2.07. The van der Waals surface area contributed by atoms with Gasteiger partial charge in [0, 0.05) is 5.75 Å². The topological polar surface area (TPSA) is 90.4 Å². The molecule has 0 bridgehead atoms. The number of nitrogens with two attached hydrogens (primary N) is 2. The highest BCUT2D eigenvalue weighted by atomic mass is 32.1. The van der Waals surface area contributed by atoms with Gasteiger partial charge < -0.3 is 4.84 Å². The second-order valence-corrected chi connectivity index (χ2v) is 1.70. The lowest BCUT2D eigenvalue weighted by molar-refractivity contribution is -0.146. The van der Waals surface area contributed by atoms with E-state index >= 15 is 0 Å². The normalized spacial score (nSPS) is 12.8. The predicted octanol–water partition coefficient (Wildman–Crippen LogP) is -1.83. The average molecular weight is 151 g/mol. The molecule has 6 heteroatoms. The van der Waals surface area contributed by atoms with Gasteiger partial charge in [0.05, 0.1) is 0 Å². The molecule has 0 unspecified atom stereocenters. The Bertz CT molecular complexity index is 95.1. The Balaban J connectivity index is 3.64. The fourth-order valence-electron chi connectivity index (χ4n) is 0.277. The quantitative estimate of drug-likeness (QED) is 0.216. The van der Waals surface area contributed by atoms with E-state index in [0.29, 0.717) is 0 Å². The van der Waals surface area contributed by atoms with Crippen molar-refractivity contribution in [1.29, 1.82) is 0 Å². The summed E-state index contributed by atoms with van der Waals surface area (Å²) in [6, 6.07) is -0.627. The van der Waals surface area contributed by atoms with Crippen LogP contribution in [0.4, 0.5) is 0 Å². The van der Waals surface area contributed by atoms with Crippen LogP contribution >= 0.6 is 12.6 Å². The Kier molecular flexibility index (Phi) is 4.41. The summed E-state index contributed by atoms with van der Waals surface area (Å²) in [5.74, 6) is 9.09. The number of hydrogen-bond acceptors (Lipinski definition) is 6. The maximum Gasteiger partial charge on any atom is 0.343 e. The smallest absolute Gasteiger partial charge is 0.343 e. The zero-order valence-corrected chi connectivity index (χ0v) is 5.60. The number of rotatable bonds is 3. The van der Waals surface area contributed by atoms with Gasteiger partial charge in [0.25, 0.3) is 0 Å². The number of carbonyl (C=O) groups is 1. The summed E-state index contributed by atoms with van der Waals surface area (Å²) >= 11 is 3.79. The summed E-state index contributed by atoms with van der Waals surface area (Å²) < 4.78 is 0. The van der Waals surface area contributed by atoms with Gasteiger partial charge in [-0.05, 0) is 0 Å². The standard InChI is InChI=1S/C3H9N3O2S/c4-6-2(1-9)3(7)8-5/h2,6,9H,1,4-5H2/t2-/m1/s1. The summed E-state index contributed by atoms with van der Waals surface area (Å²) in [5.41, 5.74) is 2.17. The van der Waals surface area contributed by atoms with Crippen LogP contribution in [0.25, 0.3) is 0 Å². The molecular formula is C3H9N3O2S. The fraction of sp³-hybridized carbons (Fsp3) is 0.667. The molecule has 5 nitrogen and oxygen atoms in total. The van der Waals surface area contributed by atoms with Crippen molar-refractivity contribution in [3.8, 4) is 0 Å². The summed E-state index contributed by atoms with van der Waals surface area (Å²) in [4.78, 5) is 14.3. The van der Waals surface area contributed by atoms with Gasteiger partial charge in [-0.15, -0.1) is 0 Å². The Labute approximate surface area is 58.1 Å². The Hall–Kier alpha value is -0.300. The molecule has 54 valence electrons. The predicted molar refractivity (Wildman–Crippen MR) is 35.2 cm³/mol. The van der Waals surface area contributed by atoms with E-state index in [0.717, 1.165) is 0 Å². The molecule has 0 aliphatic rings. The lowest BCUT2D eigenvalue weighted by atomic mass is 10.4. The fourth-order valence-corrected chi connectivity index (χ4v) is 0.532. The van der Waals surface area contributed by atoms with Crippen LogP contribution < -0.4 is 17.2 Å². The zero-order chi connectivity index (χ0) is 7.28. The molecule has 0 aromatic heterocycles. The molecule has 0 saturated heterocycles. The summed E-state index contributed by atoms with van der Waals surface area (Å²) in [6.07, 6.45) is 0. The van der Waals surface area contributed by atoms with Crippen LogP contribution in [0, 0.1) is 0 Å². The molecule has 0 aromatic rings. The van der Waals surface area contributed by atoms with Gasteiger partial charge in [0.1, 0.15) is 6.04 Å². The highest BCUT2D eigenvalue weighted by molar-refractivity contribution is 7.80. The Morgan fingerprint density at radius 1 is 1.89 bits per heavy atom. The molecule has 0 aliphatic heterocycles. The van der Waals surface area contributed by atoms with E-state index in [1.807, 2.05) is 0 Å². The minimum absolute atomic E-state index is 0.256. The first kappa shape index (κ1) is 8.70. The van der Waals surface area contributed by atoms with Crippen molar-refractivity contribution >= 4 is 18.6 Å². The highest BCUT2D eigenvalue weighted by Crippen LogP contribution is 1.86. The highest BCUT2D eigenvalue weighted by Gasteiger charge is 2.14. The van der Waals surface area contributed by atoms with Crippen LogP contribution in [0.1, 0.15) is 0 Å². The third kappa shape index (κ3) is 2.66.